The molecule has 7 heteroatoms. The van der Waals surface area contributed by atoms with Gasteiger partial charge in [-0.15, -0.1) is 0 Å². The summed E-state index contributed by atoms with van der Waals surface area (Å²) in [4.78, 5) is -0.171. The van der Waals surface area contributed by atoms with Gasteiger partial charge in [-0.1, -0.05) is 23.7 Å². The Morgan fingerprint density at radius 3 is 2.38 bits per heavy atom. The van der Waals surface area contributed by atoms with E-state index in [-0.39, 0.29) is 10.6 Å². The summed E-state index contributed by atoms with van der Waals surface area (Å²) in [7, 11) is -3.84. The zero-order chi connectivity index (χ0) is 15.6. The van der Waals surface area contributed by atoms with E-state index in [1.807, 2.05) is 0 Å². The van der Waals surface area contributed by atoms with Crippen LogP contribution in [0.5, 0.6) is 0 Å². The van der Waals surface area contributed by atoms with E-state index in [1.54, 1.807) is 31.2 Å². The molecule has 0 bridgehead atoms. The molecule has 112 valence electrons. The van der Waals surface area contributed by atoms with Crippen LogP contribution in [0.3, 0.4) is 0 Å². The fraction of sp³-hybridized carbons (Fsp3) is 0.143. The van der Waals surface area contributed by atoms with Crippen LogP contribution in [0, 0.1) is 5.82 Å². The molecule has 2 aromatic carbocycles. The van der Waals surface area contributed by atoms with Crippen molar-refractivity contribution in [2.24, 2.45) is 0 Å². The fourth-order valence-corrected chi connectivity index (χ4v) is 3.16. The van der Waals surface area contributed by atoms with Crippen LogP contribution in [-0.2, 0) is 10.0 Å². The Hall–Kier alpha value is -1.63. The molecule has 0 fully saturated rings. The number of anilines is 1. The molecule has 2 aromatic rings. The number of halogens is 2. The first-order valence-electron chi connectivity index (χ1n) is 6.12. The summed E-state index contributed by atoms with van der Waals surface area (Å²) in [6.45, 7) is 1.69. The lowest BCUT2D eigenvalue weighted by molar-refractivity contribution is 0.564. The van der Waals surface area contributed by atoms with Crippen LogP contribution in [0.25, 0.3) is 0 Å². The largest absolute Gasteiger partial charge is 0.396 e. The van der Waals surface area contributed by atoms with E-state index in [4.69, 9.17) is 17.3 Å². The van der Waals surface area contributed by atoms with Gasteiger partial charge in [0, 0.05) is 11.1 Å². The Balaban J connectivity index is 2.24. The van der Waals surface area contributed by atoms with Gasteiger partial charge < -0.3 is 5.73 Å². The summed E-state index contributed by atoms with van der Waals surface area (Å²) in [5.74, 6) is -0.767. The van der Waals surface area contributed by atoms with Gasteiger partial charge in [-0.2, -0.15) is 0 Å². The highest BCUT2D eigenvalue weighted by molar-refractivity contribution is 7.89. The molecular weight excluding hydrogens is 315 g/mol. The first-order chi connectivity index (χ1) is 9.79. The third-order valence-corrected chi connectivity index (χ3v) is 4.77. The predicted octanol–water partition coefficient (Wildman–Crippen LogP) is 3.10. The van der Waals surface area contributed by atoms with Crippen molar-refractivity contribution in [2.75, 3.05) is 5.73 Å². The molecule has 4 nitrogen and oxygen atoms in total. The number of nitrogen functional groups attached to an aromatic ring is 1. The van der Waals surface area contributed by atoms with Crippen LogP contribution in [0.1, 0.15) is 18.5 Å². The molecule has 3 N–H and O–H groups in total. The van der Waals surface area contributed by atoms with Gasteiger partial charge in [0.25, 0.3) is 0 Å². The maximum absolute atomic E-state index is 13.4. The zero-order valence-electron chi connectivity index (χ0n) is 11.2. The van der Waals surface area contributed by atoms with Gasteiger partial charge in [0.15, 0.2) is 0 Å². The molecule has 0 spiro atoms. The molecule has 21 heavy (non-hydrogen) atoms. The highest BCUT2D eigenvalue weighted by Gasteiger charge is 2.19. The van der Waals surface area contributed by atoms with Crippen LogP contribution in [0.4, 0.5) is 10.1 Å². The molecule has 0 saturated carbocycles. The molecule has 0 aliphatic heterocycles. The van der Waals surface area contributed by atoms with Crippen LogP contribution in [0.15, 0.2) is 47.4 Å². The average molecular weight is 329 g/mol. The molecule has 0 aliphatic carbocycles. The minimum atomic E-state index is -3.84. The van der Waals surface area contributed by atoms with Crippen molar-refractivity contribution in [3.8, 4) is 0 Å². The third kappa shape index (κ3) is 3.72. The topological polar surface area (TPSA) is 72.2 Å². The van der Waals surface area contributed by atoms with Crippen molar-refractivity contribution in [3.05, 3.63) is 58.9 Å². The zero-order valence-corrected chi connectivity index (χ0v) is 12.7. The van der Waals surface area contributed by atoms with Crippen molar-refractivity contribution in [2.45, 2.75) is 17.9 Å². The van der Waals surface area contributed by atoms with Gasteiger partial charge in [0.1, 0.15) is 5.82 Å². The smallest absolute Gasteiger partial charge is 0.241 e. The average Bonchev–Trinajstić information content (AvgIpc) is 2.42. The molecule has 0 amide bonds. The second kappa shape index (κ2) is 6.01. The summed E-state index contributed by atoms with van der Waals surface area (Å²) in [5.41, 5.74) is 5.99. The highest BCUT2D eigenvalue weighted by Crippen LogP contribution is 2.21. The highest BCUT2D eigenvalue weighted by atomic mass is 35.5. The molecule has 0 saturated heterocycles. The molecule has 1 unspecified atom stereocenters. The number of nitrogens with two attached hydrogens (primary N) is 1. The molecule has 0 radical (unpaired) electrons. The number of nitrogens with one attached hydrogen (secondary N) is 1. The Labute approximate surface area is 127 Å². The molecule has 2 rings (SSSR count). The maximum atomic E-state index is 13.4. The minimum Gasteiger partial charge on any atom is -0.396 e. The second-order valence-electron chi connectivity index (χ2n) is 4.58. The third-order valence-electron chi connectivity index (χ3n) is 2.98. The Bertz CT molecular complexity index is 748. The Morgan fingerprint density at radius 2 is 1.81 bits per heavy atom. The van der Waals surface area contributed by atoms with Crippen LogP contribution in [-0.4, -0.2) is 8.42 Å². The van der Waals surface area contributed by atoms with Crippen molar-refractivity contribution >= 4 is 27.3 Å². The number of hydrogen-bond acceptors (Lipinski definition) is 3. The second-order valence-corrected chi connectivity index (χ2v) is 6.73. The van der Waals surface area contributed by atoms with Gasteiger partial charge >= 0.3 is 0 Å². The first kappa shape index (κ1) is 15.8. The minimum absolute atomic E-state index is 0.0975. The Kier molecular flexibility index (Phi) is 4.51. The summed E-state index contributed by atoms with van der Waals surface area (Å²) >= 11 is 5.79. The molecule has 0 heterocycles. The summed E-state index contributed by atoms with van der Waals surface area (Å²) in [6.07, 6.45) is 0. The van der Waals surface area contributed by atoms with Gasteiger partial charge in [0.05, 0.1) is 10.6 Å². The number of sulfonamides is 1. The van der Waals surface area contributed by atoms with Gasteiger partial charge in [0.2, 0.25) is 10.0 Å². The normalized spacial score (nSPS) is 13.1. The lowest BCUT2D eigenvalue weighted by Crippen LogP contribution is -2.27. The lowest BCUT2D eigenvalue weighted by Gasteiger charge is -2.15. The summed E-state index contributed by atoms with van der Waals surface area (Å²) < 4.78 is 40.3. The maximum Gasteiger partial charge on any atom is 0.241 e. The van der Waals surface area contributed by atoms with Crippen molar-refractivity contribution in [1.82, 2.24) is 4.72 Å². The molecule has 0 aromatic heterocycles. The fourth-order valence-electron chi connectivity index (χ4n) is 1.80. The van der Waals surface area contributed by atoms with E-state index < -0.39 is 21.9 Å². The van der Waals surface area contributed by atoms with Gasteiger partial charge in [-0.05, 0) is 42.8 Å². The monoisotopic (exact) mass is 328 g/mol. The quantitative estimate of drug-likeness (QED) is 0.847. The number of benzene rings is 2. The van der Waals surface area contributed by atoms with Gasteiger partial charge in [-0.25, -0.2) is 17.5 Å². The van der Waals surface area contributed by atoms with E-state index in [9.17, 15) is 12.8 Å². The Morgan fingerprint density at radius 1 is 1.19 bits per heavy atom. The van der Waals surface area contributed by atoms with Crippen molar-refractivity contribution in [3.63, 3.8) is 0 Å². The molecular formula is C14H14ClFN2O2S. The van der Waals surface area contributed by atoms with Crippen LogP contribution >= 0.6 is 11.6 Å². The van der Waals surface area contributed by atoms with Crippen molar-refractivity contribution in [1.29, 1.82) is 0 Å². The van der Waals surface area contributed by atoms with Gasteiger partial charge in [-0.3, -0.25) is 0 Å². The lowest BCUT2D eigenvalue weighted by atomic mass is 10.1. The summed E-state index contributed by atoms with van der Waals surface area (Å²) in [6, 6.07) is 9.68. The predicted molar refractivity (Wildman–Crippen MR) is 81.0 cm³/mol. The SMILES string of the molecule is CC(NS(=O)(=O)c1ccc(N)c(F)c1)c1ccc(Cl)cc1. The van der Waals surface area contributed by atoms with E-state index in [1.165, 1.54) is 12.1 Å². The number of rotatable bonds is 4. The van der Waals surface area contributed by atoms with Crippen LogP contribution in [0.2, 0.25) is 5.02 Å². The van der Waals surface area contributed by atoms with E-state index in [0.717, 1.165) is 11.6 Å². The van der Waals surface area contributed by atoms with Crippen LogP contribution < -0.4 is 10.5 Å². The first-order valence-corrected chi connectivity index (χ1v) is 7.98. The van der Waals surface area contributed by atoms with E-state index >= 15 is 0 Å². The van der Waals surface area contributed by atoms with Crippen molar-refractivity contribution < 1.29 is 12.8 Å². The summed E-state index contributed by atoms with van der Waals surface area (Å²) in [5, 5.41) is 0.564. The molecule has 1 atom stereocenters. The standard InChI is InChI=1S/C14H14ClFN2O2S/c1-9(10-2-4-11(15)5-3-10)18-21(19,20)12-6-7-14(17)13(16)8-12/h2-9,18H,17H2,1H3. The number of hydrogen-bond donors (Lipinski definition) is 2. The van der Waals surface area contributed by atoms with E-state index in [2.05, 4.69) is 4.72 Å². The molecule has 0 aliphatic rings. The van der Waals surface area contributed by atoms with E-state index in [0.29, 0.717) is 5.02 Å².